The van der Waals surface area contributed by atoms with Crippen molar-refractivity contribution in [1.82, 2.24) is 4.98 Å². The molecule has 0 fully saturated rings. The van der Waals surface area contributed by atoms with Gasteiger partial charge >= 0.3 is 0 Å². The molecule has 17 heavy (non-hydrogen) atoms. The normalized spacial score (nSPS) is 10.8. The molecule has 0 aliphatic heterocycles. The van der Waals surface area contributed by atoms with Crippen LogP contribution in [0.5, 0.6) is 0 Å². The van der Waals surface area contributed by atoms with E-state index in [1.165, 1.54) is 21.4 Å². The number of thiophene rings is 1. The quantitative estimate of drug-likeness (QED) is 0.769. The molecule has 0 spiro atoms. The summed E-state index contributed by atoms with van der Waals surface area (Å²) in [6.07, 6.45) is 0. The summed E-state index contributed by atoms with van der Waals surface area (Å²) in [7, 11) is 0. The van der Waals surface area contributed by atoms with Crippen LogP contribution < -0.4 is 5.73 Å². The highest BCUT2D eigenvalue weighted by molar-refractivity contribution is 7.19. The van der Waals surface area contributed by atoms with Crippen LogP contribution in [0.1, 0.15) is 10.5 Å². The number of nitrogens with zero attached hydrogens (tertiary/aromatic N) is 1. The number of carbonyl (C=O) groups excluding carboxylic acids is 1. The van der Waals surface area contributed by atoms with Crippen molar-refractivity contribution in [1.29, 1.82) is 0 Å². The van der Waals surface area contributed by atoms with Gasteiger partial charge in [0.25, 0.3) is 5.91 Å². The average molecular weight is 260 g/mol. The van der Waals surface area contributed by atoms with E-state index in [4.69, 9.17) is 5.73 Å². The highest BCUT2D eigenvalue weighted by atomic mass is 32.1. The minimum atomic E-state index is -0.480. The topological polar surface area (TPSA) is 56.0 Å². The van der Waals surface area contributed by atoms with Crippen LogP contribution in [0.15, 0.2) is 35.0 Å². The second kappa shape index (κ2) is 3.94. The Labute approximate surface area is 106 Å². The fourth-order valence-corrected chi connectivity index (χ4v) is 3.51. The molecule has 0 unspecified atom stereocenters. The predicted octanol–water partition coefficient (Wildman–Crippen LogP) is 3.12. The summed E-state index contributed by atoms with van der Waals surface area (Å²) in [5.74, 6) is -0.480. The fourth-order valence-electron chi connectivity index (χ4n) is 1.65. The zero-order chi connectivity index (χ0) is 11.8. The third kappa shape index (κ3) is 1.73. The third-order valence-electron chi connectivity index (χ3n) is 2.47. The monoisotopic (exact) mass is 260 g/mol. The fraction of sp³-hybridized carbons (Fsp3) is 0. The maximum absolute atomic E-state index is 11.0. The van der Waals surface area contributed by atoms with Crippen LogP contribution in [0.3, 0.4) is 0 Å². The average Bonchev–Trinajstić information content (AvgIpc) is 2.95. The maximum atomic E-state index is 11.0. The van der Waals surface area contributed by atoms with Crippen molar-refractivity contribution in [2.24, 2.45) is 5.73 Å². The van der Waals surface area contributed by atoms with Gasteiger partial charge in [-0.15, -0.1) is 22.7 Å². The van der Waals surface area contributed by atoms with E-state index in [1.54, 1.807) is 16.7 Å². The number of amides is 1. The van der Waals surface area contributed by atoms with Crippen LogP contribution in [0, 0.1) is 0 Å². The SMILES string of the molecule is NC(=O)c1csc(-c2csc3ccccc23)n1. The lowest BCUT2D eigenvalue weighted by molar-refractivity contribution is 0.0996. The van der Waals surface area contributed by atoms with Crippen molar-refractivity contribution < 1.29 is 4.79 Å². The Kier molecular flexibility index (Phi) is 2.42. The molecule has 5 heteroatoms. The van der Waals surface area contributed by atoms with Crippen LogP contribution in [-0.2, 0) is 0 Å². The van der Waals surface area contributed by atoms with E-state index in [2.05, 4.69) is 22.5 Å². The molecule has 3 nitrogen and oxygen atoms in total. The first-order valence-corrected chi connectivity index (χ1v) is 6.73. The smallest absolute Gasteiger partial charge is 0.268 e. The van der Waals surface area contributed by atoms with Crippen molar-refractivity contribution >= 4 is 38.7 Å². The number of benzene rings is 1. The minimum Gasteiger partial charge on any atom is -0.364 e. The molecule has 1 aromatic carbocycles. The summed E-state index contributed by atoms with van der Waals surface area (Å²) in [4.78, 5) is 15.3. The van der Waals surface area contributed by atoms with Crippen molar-refractivity contribution in [3.63, 3.8) is 0 Å². The van der Waals surface area contributed by atoms with E-state index in [-0.39, 0.29) is 0 Å². The molecule has 1 amide bonds. The standard InChI is InChI=1S/C12H8N2OS2/c13-11(15)9-6-17-12(14-9)8-5-16-10-4-2-1-3-7(8)10/h1-6H,(H2,13,15). The van der Waals surface area contributed by atoms with E-state index in [0.29, 0.717) is 5.69 Å². The molecule has 3 rings (SSSR count). The summed E-state index contributed by atoms with van der Waals surface area (Å²) < 4.78 is 1.22. The molecule has 84 valence electrons. The van der Waals surface area contributed by atoms with Gasteiger partial charge in [-0.3, -0.25) is 4.79 Å². The van der Waals surface area contributed by atoms with Crippen molar-refractivity contribution in [2.75, 3.05) is 0 Å². The summed E-state index contributed by atoms with van der Waals surface area (Å²) in [6, 6.07) is 8.15. The van der Waals surface area contributed by atoms with E-state index < -0.39 is 5.91 Å². The van der Waals surface area contributed by atoms with Crippen LogP contribution in [-0.4, -0.2) is 10.9 Å². The molecule has 2 aromatic heterocycles. The van der Waals surface area contributed by atoms with E-state index in [1.807, 2.05) is 12.1 Å². The first kappa shape index (κ1) is 10.4. The molecule has 2 heterocycles. The molecule has 0 radical (unpaired) electrons. The largest absolute Gasteiger partial charge is 0.364 e. The molecule has 3 aromatic rings. The first-order chi connectivity index (χ1) is 8.25. The summed E-state index contributed by atoms with van der Waals surface area (Å²) >= 11 is 3.12. The Bertz CT molecular complexity index is 699. The number of nitrogens with two attached hydrogens (primary N) is 1. The van der Waals surface area contributed by atoms with Crippen LogP contribution in [0.25, 0.3) is 20.7 Å². The zero-order valence-electron chi connectivity index (χ0n) is 8.71. The number of hydrogen-bond donors (Lipinski definition) is 1. The number of aromatic nitrogens is 1. The molecule has 0 aliphatic carbocycles. The molecular formula is C12H8N2OS2. The number of fused-ring (bicyclic) bond motifs is 1. The Balaban J connectivity index is 2.17. The molecule has 0 bridgehead atoms. The second-order valence-corrected chi connectivity index (χ2v) is 5.32. The van der Waals surface area contributed by atoms with Crippen LogP contribution in [0.4, 0.5) is 0 Å². The first-order valence-electron chi connectivity index (χ1n) is 4.97. The van der Waals surface area contributed by atoms with Gasteiger partial charge in [0.1, 0.15) is 10.7 Å². The van der Waals surface area contributed by atoms with Gasteiger partial charge in [-0.1, -0.05) is 18.2 Å². The highest BCUT2D eigenvalue weighted by Crippen LogP contribution is 2.35. The van der Waals surface area contributed by atoms with E-state index in [0.717, 1.165) is 10.6 Å². The number of hydrogen-bond acceptors (Lipinski definition) is 4. The summed E-state index contributed by atoms with van der Waals surface area (Å²) in [5.41, 5.74) is 6.61. The Hall–Kier alpha value is -1.72. The van der Waals surface area contributed by atoms with Gasteiger partial charge in [-0.25, -0.2) is 4.98 Å². The molecular weight excluding hydrogens is 252 g/mol. The van der Waals surface area contributed by atoms with Crippen molar-refractivity contribution in [2.45, 2.75) is 0 Å². The Morgan fingerprint density at radius 3 is 2.76 bits per heavy atom. The van der Waals surface area contributed by atoms with Gasteiger partial charge < -0.3 is 5.73 Å². The van der Waals surface area contributed by atoms with E-state index >= 15 is 0 Å². The van der Waals surface area contributed by atoms with Gasteiger partial charge in [0.15, 0.2) is 0 Å². The minimum absolute atomic E-state index is 0.334. The van der Waals surface area contributed by atoms with Gasteiger partial charge in [0.2, 0.25) is 0 Å². The highest BCUT2D eigenvalue weighted by Gasteiger charge is 2.12. The molecule has 0 saturated heterocycles. The predicted molar refractivity (Wildman–Crippen MR) is 71.5 cm³/mol. The lowest BCUT2D eigenvalue weighted by Crippen LogP contribution is -2.10. The number of thiazole rings is 1. The van der Waals surface area contributed by atoms with Gasteiger partial charge in [-0.05, 0) is 6.07 Å². The molecule has 0 saturated carbocycles. The zero-order valence-corrected chi connectivity index (χ0v) is 10.3. The summed E-state index contributed by atoms with van der Waals surface area (Å²) in [5, 5.41) is 5.78. The molecule has 0 atom stereocenters. The lowest BCUT2D eigenvalue weighted by atomic mass is 10.2. The Morgan fingerprint density at radius 1 is 1.18 bits per heavy atom. The van der Waals surface area contributed by atoms with Gasteiger partial charge in [-0.2, -0.15) is 0 Å². The van der Waals surface area contributed by atoms with Gasteiger partial charge in [0.05, 0.1) is 0 Å². The second-order valence-electron chi connectivity index (χ2n) is 3.55. The third-order valence-corrected chi connectivity index (χ3v) is 4.31. The summed E-state index contributed by atoms with van der Waals surface area (Å²) in [6.45, 7) is 0. The number of carbonyl (C=O) groups is 1. The van der Waals surface area contributed by atoms with Crippen molar-refractivity contribution in [3.8, 4) is 10.6 Å². The van der Waals surface area contributed by atoms with Crippen LogP contribution >= 0.6 is 22.7 Å². The van der Waals surface area contributed by atoms with Crippen molar-refractivity contribution in [3.05, 3.63) is 40.7 Å². The van der Waals surface area contributed by atoms with Gasteiger partial charge in [0, 0.05) is 26.4 Å². The lowest BCUT2D eigenvalue weighted by Gasteiger charge is -1.93. The van der Waals surface area contributed by atoms with E-state index in [9.17, 15) is 4.79 Å². The Morgan fingerprint density at radius 2 is 2.00 bits per heavy atom. The molecule has 2 N–H and O–H groups in total. The molecule has 0 aliphatic rings. The van der Waals surface area contributed by atoms with Crippen LogP contribution in [0.2, 0.25) is 0 Å². The maximum Gasteiger partial charge on any atom is 0.268 e. The number of primary amides is 1. The number of rotatable bonds is 2.